The first kappa shape index (κ1) is 12.2. The largest absolute Gasteiger partial charge is 0.480 e. The lowest BCUT2D eigenvalue weighted by atomic mass is 10.1. The molecule has 1 aromatic carbocycles. The van der Waals surface area contributed by atoms with Crippen molar-refractivity contribution in [3.63, 3.8) is 0 Å². The van der Waals surface area contributed by atoms with Crippen LogP contribution in [0.15, 0.2) is 30.6 Å². The summed E-state index contributed by atoms with van der Waals surface area (Å²) in [5.74, 6) is -0.963. The number of carboxylic acids is 1. The van der Waals surface area contributed by atoms with Crippen LogP contribution in [0.4, 0.5) is 4.39 Å². The van der Waals surface area contributed by atoms with Gasteiger partial charge in [-0.1, -0.05) is 0 Å². The summed E-state index contributed by atoms with van der Waals surface area (Å²) in [5, 5.41) is 16.8. The van der Waals surface area contributed by atoms with Crippen molar-refractivity contribution in [3.05, 3.63) is 36.4 Å². The average Bonchev–Trinajstić information content (AvgIpc) is 2.79. The predicted molar refractivity (Wildman–Crippen MR) is 62.4 cm³/mol. The summed E-state index contributed by atoms with van der Waals surface area (Å²) in [6.07, 6.45) is 1.35. The van der Waals surface area contributed by atoms with Crippen molar-refractivity contribution >= 4 is 5.97 Å². The van der Waals surface area contributed by atoms with E-state index in [4.69, 9.17) is 0 Å². The molecule has 6 heteroatoms. The molecule has 94 valence electrons. The van der Waals surface area contributed by atoms with Gasteiger partial charge in [0.2, 0.25) is 0 Å². The minimum Gasteiger partial charge on any atom is -0.480 e. The lowest BCUT2D eigenvalue weighted by Crippen LogP contribution is -2.35. The second kappa shape index (κ2) is 4.21. The van der Waals surface area contributed by atoms with Gasteiger partial charge in [-0.2, -0.15) is 0 Å². The van der Waals surface area contributed by atoms with Crippen LogP contribution in [0.5, 0.6) is 0 Å². The third-order valence-corrected chi connectivity index (χ3v) is 2.78. The molecular weight excluding hydrogens is 237 g/mol. The first-order chi connectivity index (χ1) is 8.43. The number of rotatable bonds is 3. The van der Waals surface area contributed by atoms with Crippen LogP contribution in [-0.2, 0) is 10.3 Å². The zero-order valence-corrected chi connectivity index (χ0v) is 9.96. The highest BCUT2D eigenvalue weighted by Crippen LogP contribution is 2.24. The van der Waals surface area contributed by atoms with Gasteiger partial charge in [0.05, 0.1) is 0 Å². The summed E-state index contributed by atoms with van der Waals surface area (Å²) < 4.78 is 14.3. The van der Waals surface area contributed by atoms with E-state index in [0.717, 1.165) is 0 Å². The molecule has 5 nitrogen and oxygen atoms in total. The average molecular weight is 249 g/mol. The molecular formula is C12H12FN3O2. The highest BCUT2D eigenvalue weighted by molar-refractivity contribution is 5.76. The number of halogens is 1. The number of hydrogen-bond donors (Lipinski definition) is 1. The van der Waals surface area contributed by atoms with Crippen molar-refractivity contribution < 1.29 is 14.3 Å². The van der Waals surface area contributed by atoms with Gasteiger partial charge in [-0.15, -0.1) is 10.2 Å². The minimum absolute atomic E-state index is 0.359. The first-order valence-corrected chi connectivity index (χ1v) is 5.33. The fourth-order valence-corrected chi connectivity index (χ4v) is 1.54. The molecule has 0 amide bonds. The Morgan fingerprint density at radius 3 is 2.50 bits per heavy atom. The topological polar surface area (TPSA) is 68.0 Å². The van der Waals surface area contributed by atoms with E-state index >= 15 is 0 Å². The van der Waals surface area contributed by atoms with Crippen LogP contribution in [0.1, 0.15) is 13.8 Å². The van der Waals surface area contributed by atoms with E-state index in [0.29, 0.717) is 11.4 Å². The molecule has 18 heavy (non-hydrogen) atoms. The van der Waals surface area contributed by atoms with E-state index in [1.165, 1.54) is 35.2 Å². The van der Waals surface area contributed by atoms with Gasteiger partial charge in [0, 0.05) is 5.56 Å². The SMILES string of the molecule is CC(C)(C(=O)O)n1cnnc1-c1ccc(F)cc1. The summed E-state index contributed by atoms with van der Waals surface area (Å²) in [6.45, 7) is 3.09. The molecule has 0 saturated carbocycles. The van der Waals surface area contributed by atoms with Crippen molar-refractivity contribution in [2.45, 2.75) is 19.4 Å². The third kappa shape index (κ3) is 1.97. The summed E-state index contributed by atoms with van der Waals surface area (Å²) in [5.41, 5.74) is -0.559. The van der Waals surface area contributed by atoms with E-state index in [1.54, 1.807) is 13.8 Å². The number of benzene rings is 1. The molecule has 0 aliphatic carbocycles. The van der Waals surface area contributed by atoms with Crippen LogP contribution >= 0.6 is 0 Å². The lowest BCUT2D eigenvalue weighted by molar-refractivity contribution is -0.145. The minimum atomic E-state index is -1.17. The fourth-order valence-electron chi connectivity index (χ4n) is 1.54. The van der Waals surface area contributed by atoms with Crippen LogP contribution < -0.4 is 0 Å². The summed E-state index contributed by atoms with van der Waals surface area (Å²) in [4.78, 5) is 11.2. The summed E-state index contributed by atoms with van der Waals surface area (Å²) in [7, 11) is 0. The van der Waals surface area contributed by atoms with Crippen molar-refractivity contribution in [3.8, 4) is 11.4 Å². The zero-order valence-electron chi connectivity index (χ0n) is 9.96. The Morgan fingerprint density at radius 1 is 1.33 bits per heavy atom. The standard InChI is InChI=1S/C12H12FN3O2/c1-12(2,11(17)18)16-7-14-15-10(16)8-3-5-9(13)6-4-8/h3-7H,1-2H3,(H,17,18). The van der Waals surface area contributed by atoms with Gasteiger partial charge in [-0.3, -0.25) is 4.57 Å². The Bertz CT molecular complexity index is 575. The fraction of sp³-hybridized carbons (Fsp3) is 0.250. The highest BCUT2D eigenvalue weighted by Gasteiger charge is 2.32. The van der Waals surface area contributed by atoms with Gasteiger partial charge in [0.15, 0.2) is 5.82 Å². The van der Waals surface area contributed by atoms with Gasteiger partial charge >= 0.3 is 5.97 Å². The van der Waals surface area contributed by atoms with Crippen LogP contribution in [0.2, 0.25) is 0 Å². The molecule has 0 bridgehead atoms. The monoisotopic (exact) mass is 249 g/mol. The number of aliphatic carboxylic acids is 1. The van der Waals surface area contributed by atoms with E-state index in [1.807, 2.05) is 0 Å². The second-order valence-corrected chi connectivity index (χ2v) is 4.40. The molecule has 0 spiro atoms. The Balaban J connectivity index is 2.52. The number of carboxylic acid groups (broad SMARTS) is 1. The quantitative estimate of drug-likeness (QED) is 0.902. The number of carbonyl (C=O) groups is 1. The molecule has 0 aliphatic rings. The molecule has 1 N–H and O–H groups in total. The van der Waals surface area contributed by atoms with Crippen LogP contribution in [0.3, 0.4) is 0 Å². The normalized spacial score (nSPS) is 11.5. The van der Waals surface area contributed by atoms with E-state index < -0.39 is 11.5 Å². The number of nitrogens with zero attached hydrogens (tertiary/aromatic N) is 3. The second-order valence-electron chi connectivity index (χ2n) is 4.40. The molecule has 2 aromatic rings. The maximum Gasteiger partial charge on any atom is 0.329 e. The smallest absolute Gasteiger partial charge is 0.329 e. The van der Waals surface area contributed by atoms with Gasteiger partial charge in [0.1, 0.15) is 17.7 Å². The van der Waals surface area contributed by atoms with Crippen LogP contribution in [-0.4, -0.2) is 25.8 Å². The Hall–Kier alpha value is -2.24. The maximum absolute atomic E-state index is 12.9. The maximum atomic E-state index is 12.9. The van der Waals surface area contributed by atoms with Gasteiger partial charge < -0.3 is 5.11 Å². The predicted octanol–water partition coefficient (Wildman–Crippen LogP) is 1.90. The molecule has 0 unspecified atom stereocenters. The van der Waals surface area contributed by atoms with Crippen LogP contribution in [0, 0.1) is 5.82 Å². The Morgan fingerprint density at radius 2 is 1.94 bits per heavy atom. The lowest BCUT2D eigenvalue weighted by Gasteiger charge is -2.22. The highest BCUT2D eigenvalue weighted by atomic mass is 19.1. The van der Waals surface area contributed by atoms with Crippen molar-refractivity contribution in [2.75, 3.05) is 0 Å². The molecule has 2 rings (SSSR count). The molecule has 1 aromatic heterocycles. The first-order valence-electron chi connectivity index (χ1n) is 5.33. The van der Waals surface area contributed by atoms with Gasteiger partial charge in [0.25, 0.3) is 0 Å². The molecule has 1 heterocycles. The van der Waals surface area contributed by atoms with Crippen LogP contribution in [0.25, 0.3) is 11.4 Å². The van der Waals surface area contributed by atoms with E-state index in [2.05, 4.69) is 10.2 Å². The van der Waals surface area contributed by atoms with Crippen molar-refractivity contribution in [1.82, 2.24) is 14.8 Å². The number of hydrogen-bond acceptors (Lipinski definition) is 3. The molecule has 0 radical (unpaired) electrons. The van der Waals surface area contributed by atoms with Crippen molar-refractivity contribution in [2.24, 2.45) is 0 Å². The molecule has 0 aliphatic heterocycles. The number of aromatic nitrogens is 3. The molecule has 0 saturated heterocycles. The molecule has 0 atom stereocenters. The van der Waals surface area contributed by atoms with Gasteiger partial charge in [-0.25, -0.2) is 9.18 Å². The van der Waals surface area contributed by atoms with E-state index in [-0.39, 0.29) is 5.82 Å². The summed E-state index contributed by atoms with van der Waals surface area (Å²) >= 11 is 0. The molecule has 0 fully saturated rings. The van der Waals surface area contributed by atoms with Crippen molar-refractivity contribution in [1.29, 1.82) is 0 Å². The summed E-state index contributed by atoms with van der Waals surface area (Å²) in [6, 6.07) is 5.66. The third-order valence-electron chi connectivity index (χ3n) is 2.78. The van der Waals surface area contributed by atoms with Gasteiger partial charge in [-0.05, 0) is 38.1 Å². The Kier molecular flexibility index (Phi) is 2.86. The van der Waals surface area contributed by atoms with E-state index in [9.17, 15) is 14.3 Å². The Labute approximate surface area is 103 Å². The zero-order chi connectivity index (χ0) is 13.3.